The summed E-state index contributed by atoms with van der Waals surface area (Å²) in [5, 5.41) is 6.44. The van der Waals surface area contributed by atoms with E-state index in [1.54, 1.807) is 12.3 Å². The van der Waals surface area contributed by atoms with Gasteiger partial charge in [0.2, 0.25) is 0 Å². The highest BCUT2D eigenvalue weighted by molar-refractivity contribution is 5.95. The van der Waals surface area contributed by atoms with Gasteiger partial charge < -0.3 is 9.47 Å². The molecule has 4 aromatic carbocycles. The molecule has 0 spiro atoms. The Bertz CT molecular complexity index is 1290. The molecule has 0 bridgehead atoms. The number of benzene rings is 4. The van der Waals surface area contributed by atoms with E-state index in [0.717, 1.165) is 16.7 Å². The van der Waals surface area contributed by atoms with Crippen LogP contribution in [-0.2, 0) is 6.61 Å². The third-order valence-electron chi connectivity index (χ3n) is 5.19. The number of ether oxygens (including phenoxy) is 2. The second-order valence-electron chi connectivity index (χ2n) is 7.63. The Morgan fingerprint density at radius 1 is 0.909 bits per heavy atom. The molecule has 5 nitrogen and oxygen atoms in total. The third-order valence-corrected chi connectivity index (χ3v) is 5.19. The maximum absolute atomic E-state index is 12.3. The Morgan fingerprint density at radius 3 is 2.58 bits per heavy atom. The molecule has 1 amide bonds. The van der Waals surface area contributed by atoms with Gasteiger partial charge in [-0.2, -0.15) is 5.10 Å². The van der Waals surface area contributed by atoms with Gasteiger partial charge >= 0.3 is 0 Å². The van der Waals surface area contributed by atoms with Crippen molar-refractivity contribution in [1.29, 1.82) is 0 Å². The zero-order chi connectivity index (χ0) is 23.0. The van der Waals surface area contributed by atoms with Crippen LogP contribution in [0.4, 0.5) is 0 Å². The summed E-state index contributed by atoms with van der Waals surface area (Å²) in [4.78, 5) is 12.3. The van der Waals surface area contributed by atoms with E-state index in [4.69, 9.17) is 9.47 Å². The van der Waals surface area contributed by atoms with Gasteiger partial charge in [-0.3, -0.25) is 4.79 Å². The standard InChI is InChI=1S/C28H26N2O3/c1-3-32-27-17-21(18-29-30-28(31)23-11-6-8-20(2)16-23)14-15-26(27)33-19-24-12-7-10-22-9-4-5-13-25(22)24/h4-18H,3,19H2,1-2H3,(H,30,31)/b29-18+. The summed E-state index contributed by atoms with van der Waals surface area (Å²) in [6.07, 6.45) is 1.59. The Hall–Kier alpha value is -4.12. The van der Waals surface area contributed by atoms with E-state index in [9.17, 15) is 4.79 Å². The van der Waals surface area contributed by atoms with Crippen molar-refractivity contribution in [3.63, 3.8) is 0 Å². The van der Waals surface area contributed by atoms with Crippen LogP contribution in [0.1, 0.15) is 34.0 Å². The van der Waals surface area contributed by atoms with E-state index in [1.165, 1.54) is 10.8 Å². The zero-order valence-electron chi connectivity index (χ0n) is 18.7. The molecule has 0 heterocycles. The van der Waals surface area contributed by atoms with E-state index >= 15 is 0 Å². The molecule has 0 saturated carbocycles. The number of fused-ring (bicyclic) bond motifs is 1. The van der Waals surface area contributed by atoms with Crippen LogP contribution in [0.5, 0.6) is 11.5 Å². The van der Waals surface area contributed by atoms with Gasteiger partial charge in [0.15, 0.2) is 11.5 Å². The van der Waals surface area contributed by atoms with E-state index in [0.29, 0.717) is 30.3 Å². The van der Waals surface area contributed by atoms with Crippen LogP contribution in [0, 0.1) is 6.92 Å². The lowest BCUT2D eigenvalue weighted by atomic mass is 10.1. The van der Waals surface area contributed by atoms with Crippen molar-refractivity contribution in [2.75, 3.05) is 6.61 Å². The summed E-state index contributed by atoms with van der Waals surface area (Å²) in [6, 6.07) is 27.4. The maximum Gasteiger partial charge on any atom is 0.271 e. The zero-order valence-corrected chi connectivity index (χ0v) is 18.7. The number of hydrazone groups is 1. The summed E-state index contributed by atoms with van der Waals surface area (Å²) in [5.41, 5.74) is 6.06. The van der Waals surface area contributed by atoms with E-state index in [-0.39, 0.29) is 5.91 Å². The Balaban J connectivity index is 1.45. The number of amides is 1. The average Bonchev–Trinajstić information content (AvgIpc) is 2.83. The van der Waals surface area contributed by atoms with Crippen LogP contribution in [0.15, 0.2) is 90.0 Å². The van der Waals surface area contributed by atoms with Crippen LogP contribution < -0.4 is 14.9 Å². The van der Waals surface area contributed by atoms with Gasteiger partial charge in [0.25, 0.3) is 5.91 Å². The lowest BCUT2D eigenvalue weighted by Crippen LogP contribution is -2.17. The highest BCUT2D eigenvalue weighted by atomic mass is 16.5. The Labute approximate surface area is 193 Å². The fourth-order valence-electron chi connectivity index (χ4n) is 3.58. The number of carbonyl (C=O) groups excluding carboxylic acids is 1. The van der Waals surface area contributed by atoms with Gasteiger partial charge in [-0.15, -0.1) is 0 Å². The molecule has 0 atom stereocenters. The molecule has 0 saturated heterocycles. The van der Waals surface area contributed by atoms with Crippen LogP contribution in [0.25, 0.3) is 10.8 Å². The number of carbonyl (C=O) groups is 1. The summed E-state index contributed by atoms with van der Waals surface area (Å²) in [6.45, 7) is 4.81. The maximum atomic E-state index is 12.3. The molecule has 0 aromatic heterocycles. The molecule has 0 unspecified atom stereocenters. The van der Waals surface area contributed by atoms with Crippen molar-refractivity contribution in [3.8, 4) is 11.5 Å². The topological polar surface area (TPSA) is 59.9 Å². The molecule has 33 heavy (non-hydrogen) atoms. The van der Waals surface area contributed by atoms with Crippen molar-refractivity contribution in [3.05, 3.63) is 107 Å². The third kappa shape index (κ3) is 5.57. The first-order valence-corrected chi connectivity index (χ1v) is 10.9. The van der Waals surface area contributed by atoms with Gasteiger partial charge in [-0.1, -0.05) is 60.2 Å². The van der Waals surface area contributed by atoms with Crippen molar-refractivity contribution in [2.24, 2.45) is 5.10 Å². The molecule has 1 N–H and O–H groups in total. The highest BCUT2D eigenvalue weighted by Crippen LogP contribution is 2.30. The minimum absolute atomic E-state index is 0.255. The average molecular weight is 439 g/mol. The first kappa shape index (κ1) is 22.1. The molecule has 4 aromatic rings. The smallest absolute Gasteiger partial charge is 0.271 e. The lowest BCUT2D eigenvalue weighted by molar-refractivity contribution is 0.0955. The second-order valence-corrected chi connectivity index (χ2v) is 7.63. The monoisotopic (exact) mass is 438 g/mol. The van der Waals surface area contributed by atoms with E-state index in [2.05, 4.69) is 34.8 Å². The fraction of sp³-hybridized carbons (Fsp3) is 0.143. The summed E-state index contributed by atoms with van der Waals surface area (Å²) in [7, 11) is 0. The summed E-state index contributed by atoms with van der Waals surface area (Å²) >= 11 is 0. The van der Waals surface area contributed by atoms with Crippen molar-refractivity contribution < 1.29 is 14.3 Å². The van der Waals surface area contributed by atoms with Crippen LogP contribution in [-0.4, -0.2) is 18.7 Å². The molecule has 0 aliphatic rings. The number of aryl methyl sites for hydroxylation is 1. The molecule has 0 fully saturated rings. The lowest BCUT2D eigenvalue weighted by Gasteiger charge is -2.13. The first-order valence-electron chi connectivity index (χ1n) is 10.9. The van der Waals surface area contributed by atoms with E-state index < -0.39 is 0 Å². The highest BCUT2D eigenvalue weighted by Gasteiger charge is 2.09. The molecule has 0 aliphatic carbocycles. The predicted molar refractivity (Wildman–Crippen MR) is 132 cm³/mol. The molecule has 5 heteroatoms. The molecular formula is C28H26N2O3. The van der Waals surface area contributed by atoms with Crippen LogP contribution in [0.3, 0.4) is 0 Å². The Kier molecular flexibility index (Phi) is 7.00. The quantitative estimate of drug-likeness (QED) is 0.276. The largest absolute Gasteiger partial charge is 0.490 e. The van der Waals surface area contributed by atoms with Gasteiger partial charge in [0.05, 0.1) is 12.8 Å². The summed E-state index contributed by atoms with van der Waals surface area (Å²) in [5.74, 6) is 1.03. The minimum Gasteiger partial charge on any atom is -0.490 e. The molecular weight excluding hydrogens is 412 g/mol. The number of nitrogens with one attached hydrogen (secondary N) is 1. The molecule has 4 rings (SSSR count). The molecule has 0 radical (unpaired) electrons. The predicted octanol–water partition coefficient (Wildman–Crippen LogP) is 5.89. The van der Waals surface area contributed by atoms with Gasteiger partial charge in [-0.05, 0) is 66.1 Å². The summed E-state index contributed by atoms with van der Waals surface area (Å²) < 4.78 is 11.9. The normalized spacial score (nSPS) is 11.0. The number of hydrogen-bond donors (Lipinski definition) is 1. The van der Waals surface area contributed by atoms with Crippen molar-refractivity contribution in [2.45, 2.75) is 20.5 Å². The Morgan fingerprint density at radius 2 is 1.73 bits per heavy atom. The number of nitrogens with zero attached hydrogens (tertiary/aromatic N) is 1. The van der Waals surface area contributed by atoms with Gasteiger partial charge in [0.1, 0.15) is 6.61 Å². The van der Waals surface area contributed by atoms with Crippen molar-refractivity contribution >= 4 is 22.9 Å². The first-order chi connectivity index (χ1) is 16.1. The number of rotatable bonds is 8. The fourth-order valence-corrected chi connectivity index (χ4v) is 3.58. The molecule has 166 valence electrons. The molecule has 0 aliphatic heterocycles. The van der Waals surface area contributed by atoms with Gasteiger partial charge in [-0.25, -0.2) is 5.43 Å². The van der Waals surface area contributed by atoms with Crippen molar-refractivity contribution in [1.82, 2.24) is 5.43 Å². The minimum atomic E-state index is -0.255. The SMILES string of the molecule is CCOc1cc(/C=N/NC(=O)c2cccc(C)c2)ccc1OCc1cccc2ccccc12. The van der Waals surface area contributed by atoms with E-state index in [1.807, 2.05) is 68.4 Å². The number of hydrogen-bond acceptors (Lipinski definition) is 4. The second kappa shape index (κ2) is 10.5. The van der Waals surface area contributed by atoms with Crippen LogP contribution in [0.2, 0.25) is 0 Å². The van der Waals surface area contributed by atoms with Gasteiger partial charge in [0, 0.05) is 5.56 Å². The van der Waals surface area contributed by atoms with Crippen LogP contribution >= 0.6 is 0 Å².